The second-order valence-electron chi connectivity index (χ2n) is 11.3. The molecule has 0 saturated heterocycles. The largest absolute Gasteiger partial charge is 0.192 e. The standard InChI is InChI=1S/C40H29N/c1-40(2)38-24-27(26-41)20-22-36(38)37-23-21-29(25-39(37)40)31-14-5-3-4-6-16-34(35-18-10-9-17-32(31)35)33-19-11-13-28-12-7-8-15-30(28)33/h3-25H,1-2H3. The first-order valence-corrected chi connectivity index (χ1v) is 14.1. The summed E-state index contributed by atoms with van der Waals surface area (Å²) in [4.78, 5) is 0. The van der Waals surface area contributed by atoms with E-state index in [2.05, 4.69) is 153 Å². The fraction of sp³-hybridized carbons (Fsp3) is 0.0750. The third-order valence-corrected chi connectivity index (χ3v) is 8.56. The van der Waals surface area contributed by atoms with Gasteiger partial charge in [0.1, 0.15) is 0 Å². The zero-order valence-corrected chi connectivity index (χ0v) is 23.2. The lowest BCUT2D eigenvalue weighted by Crippen LogP contribution is -2.15. The second-order valence-corrected chi connectivity index (χ2v) is 11.3. The fourth-order valence-electron chi connectivity index (χ4n) is 6.49. The maximum atomic E-state index is 9.54. The van der Waals surface area contributed by atoms with Crippen LogP contribution >= 0.6 is 0 Å². The van der Waals surface area contributed by atoms with E-state index in [0.717, 1.165) is 0 Å². The van der Waals surface area contributed by atoms with Gasteiger partial charge in [0.15, 0.2) is 0 Å². The first-order valence-electron chi connectivity index (χ1n) is 14.1. The van der Waals surface area contributed by atoms with Crippen molar-refractivity contribution in [1.82, 2.24) is 0 Å². The van der Waals surface area contributed by atoms with Gasteiger partial charge in [0.25, 0.3) is 0 Å². The molecule has 0 spiro atoms. The van der Waals surface area contributed by atoms with Crippen molar-refractivity contribution in [3.05, 3.63) is 156 Å². The number of nitrogens with zero attached hydrogens (tertiary/aromatic N) is 1. The highest BCUT2D eigenvalue weighted by Gasteiger charge is 2.35. The molecule has 0 fully saturated rings. The summed E-state index contributed by atoms with van der Waals surface area (Å²) in [5, 5.41) is 14.4. The third-order valence-electron chi connectivity index (χ3n) is 8.56. The summed E-state index contributed by atoms with van der Waals surface area (Å²) in [6.45, 7) is 4.54. The van der Waals surface area contributed by atoms with E-state index in [1.165, 1.54) is 66.1 Å². The highest BCUT2D eigenvalue weighted by Crippen LogP contribution is 2.50. The molecule has 0 aromatic heterocycles. The minimum absolute atomic E-state index is 0.198. The summed E-state index contributed by atoms with van der Waals surface area (Å²) < 4.78 is 0. The maximum absolute atomic E-state index is 9.54. The summed E-state index contributed by atoms with van der Waals surface area (Å²) in [5.41, 5.74) is 10.3. The lowest BCUT2D eigenvalue weighted by atomic mass is 9.81. The number of hydrogen-bond acceptors (Lipinski definition) is 1. The Morgan fingerprint density at radius 2 is 1.00 bits per heavy atom. The zero-order valence-electron chi connectivity index (χ0n) is 23.2. The fourth-order valence-corrected chi connectivity index (χ4v) is 6.49. The highest BCUT2D eigenvalue weighted by molar-refractivity contribution is 6.08. The van der Waals surface area contributed by atoms with Crippen molar-refractivity contribution in [3.8, 4) is 39.4 Å². The van der Waals surface area contributed by atoms with Gasteiger partial charge in [0, 0.05) is 5.41 Å². The predicted molar refractivity (Wildman–Crippen MR) is 172 cm³/mol. The minimum atomic E-state index is -0.198. The van der Waals surface area contributed by atoms with E-state index in [1.54, 1.807) is 0 Å². The second kappa shape index (κ2) is 9.77. The predicted octanol–water partition coefficient (Wildman–Crippen LogP) is 10.6. The van der Waals surface area contributed by atoms with Crippen LogP contribution < -0.4 is 0 Å². The van der Waals surface area contributed by atoms with Gasteiger partial charge in [-0.2, -0.15) is 5.26 Å². The molecule has 194 valence electrons. The molecule has 6 aromatic rings. The van der Waals surface area contributed by atoms with Crippen LogP contribution in [0.25, 0.3) is 54.9 Å². The molecule has 6 aromatic carbocycles. The molecular formula is C40H29N. The molecule has 0 amide bonds. The van der Waals surface area contributed by atoms with Gasteiger partial charge >= 0.3 is 0 Å². The van der Waals surface area contributed by atoms with Gasteiger partial charge < -0.3 is 0 Å². The molecule has 0 aliphatic heterocycles. The molecule has 7 rings (SSSR count). The van der Waals surface area contributed by atoms with Crippen molar-refractivity contribution >= 4 is 21.5 Å². The average molecular weight is 524 g/mol. The SMILES string of the molecule is CC1(C)c2cc(C#N)ccc2-c2ccc(-c3ccccccc(-c4cccc5ccccc45)c4ccccc34)cc21. The van der Waals surface area contributed by atoms with Gasteiger partial charge in [0.05, 0.1) is 11.6 Å². The number of nitriles is 1. The molecule has 1 aliphatic carbocycles. The third kappa shape index (κ3) is 4.08. The van der Waals surface area contributed by atoms with Crippen LogP contribution in [0.2, 0.25) is 0 Å². The van der Waals surface area contributed by atoms with E-state index >= 15 is 0 Å². The Morgan fingerprint density at radius 3 is 1.76 bits per heavy atom. The van der Waals surface area contributed by atoms with Crippen LogP contribution in [-0.4, -0.2) is 0 Å². The van der Waals surface area contributed by atoms with E-state index in [-0.39, 0.29) is 5.41 Å². The Morgan fingerprint density at radius 1 is 0.463 bits per heavy atom. The normalized spacial score (nSPS) is 12.8. The Labute approximate surface area is 241 Å². The summed E-state index contributed by atoms with van der Waals surface area (Å²) in [6, 6.07) is 52.2. The van der Waals surface area contributed by atoms with E-state index in [0.29, 0.717) is 5.56 Å². The first-order chi connectivity index (χ1) is 20.1. The van der Waals surface area contributed by atoms with E-state index < -0.39 is 0 Å². The number of benzene rings is 5. The van der Waals surface area contributed by atoms with E-state index in [9.17, 15) is 5.26 Å². The molecule has 0 heterocycles. The van der Waals surface area contributed by atoms with Gasteiger partial charge in [-0.05, 0) is 84.3 Å². The molecule has 1 heteroatoms. The Kier molecular flexibility index (Phi) is 5.92. The van der Waals surface area contributed by atoms with Crippen molar-refractivity contribution < 1.29 is 0 Å². The first kappa shape index (κ1) is 24.8. The molecular weight excluding hydrogens is 494 g/mol. The lowest BCUT2D eigenvalue weighted by Gasteiger charge is -2.22. The minimum Gasteiger partial charge on any atom is -0.192 e. The Bertz CT molecular complexity index is 2080. The Hall–Kier alpha value is -5.19. The molecule has 0 bridgehead atoms. The number of fused-ring (bicyclic) bond motifs is 5. The van der Waals surface area contributed by atoms with Crippen LogP contribution in [0.3, 0.4) is 0 Å². The molecule has 0 atom stereocenters. The highest BCUT2D eigenvalue weighted by atomic mass is 14.4. The van der Waals surface area contributed by atoms with Crippen molar-refractivity contribution in [1.29, 1.82) is 5.26 Å². The molecule has 0 N–H and O–H groups in total. The lowest BCUT2D eigenvalue weighted by molar-refractivity contribution is 0.660. The van der Waals surface area contributed by atoms with Crippen molar-refractivity contribution in [2.24, 2.45) is 0 Å². The van der Waals surface area contributed by atoms with Crippen LogP contribution in [0, 0.1) is 11.3 Å². The molecule has 0 saturated carbocycles. The van der Waals surface area contributed by atoms with E-state index in [4.69, 9.17) is 0 Å². The molecule has 0 unspecified atom stereocenters. The Balaban J connectivity index is 1.51. The van der Waals surface area contributed by atoms with Crippen molar-refractivity contribution in [3.63, 3.8) is 0 Å². The molecule has 1 aliphatic rings. The van der Waals surface area contributed by atoms with Gasteiger partial charge in [0.2, 0.25) is 0 Å². The van der Waals surface area contributed by atoms with Gasteiger partial charge in [-0.15, -0.1) is 0 Å². The van der Waals surface area contributed by atoms with Crippen molar-refractivity contribution in [2.75, 3.05) is 0 Å². The van der Waals surface area contributed by atoms with Crippen LogP contribution in [0.5, 0.6) is 0 Å². The van der Waals surface area contributed by atoms with Gasteiger partial charge in [-0.25, -0.2) is 0 Å². The monoisotopic (exact) mass is 523 g/mol. The van der Waals surface area contributed by atoms with Crippen molar-refractivity contribution in [2.45, 2.75) is 19.3 Å². The maximum Gasteiger partial charge on any atom is 0.0991 e. The van der Waals surface area contributed by atoms with Crippen LogP contribution in [0.4, 0.5) is 0 Å². The summed E-state index contributed by atoms with van der Waals surface area (Å²) in [7, 11) is 0. The summed E-state index contributed by atoms with van der Waals surface area (Å²) in [6.07, 6.45) is 0. The number of hydrogen-bond donors (Lipinski definition) is 0. The molecule has 41 heavy (non-hydrogen) atoms. The van der Waals surface area contributed by atoms with Gasteiger partial charge in [-0.3, -0.25) is 0 Å². The summed E-state index contributed by atoms with van der Waals surface area (Å²) in [5.74, 6) is 0. The quantitative estimate of drug-likeness (QED) is 0.221. The zero-order chi connectivity index (χ0) is 28.0. The molecule has 1 nitrogen and oxygen atoms in total. The number of rotatable bonds is 2. The van der Waals surface area contributed by atoms with E-state index in [1.807, 2.05) is 6.07 Å². The van der Waals surface area contributed by atoms with Gasteiger partial charge in [-0.1, -0.05) is 135 Å². The average Bonchev–Trinajstić information content (AvgIpc) is 3.24. The smallest absolute Gasteiger partial charge is 0.0991 e. The molecule has 0 radical (unpaired) electrons. The topological polar surface area (TPSA) is 23.8 Å². The van der Waals surface area contributed by atoms with Crippen LogP contribution in [0.1, 0.15) is 30.5 Å². The van der Waals surface area contributed by atoms with Crippen LogP contribution in [-0.2, 0) is 5.41 Å². The summed E-state index contributed by atoms with van der Waals surface area (Å²) >= 11 is 0. The van der Waals surface area contributed by atoms with Crippen LogP contribution in [0.15, 0.2) is 140 Å².